The van der Waals surface area contributed by atoms with Crippen molar-refractivity contribution in [2.24, 2.45) is 17.1 Å². The number of hydrogen-bond acceptors (Lipinski definition) is 2. The van der Waals surface area contributed by atoms with Crippen molar-refractivity contribution in [2.45, 2.75) is 33.1 Å². The Morgan fingerprint density at radius 2 is 2.29 bits per heavy atom. The normalized spacial score (nSPS) is 31.5. The standard InChI is InChI=1S/C12H19NS/c1-9-4-12(5-9,8-13)6-11-3-10(2)14-7-11/h3,7,9H,4-6,8,13H2,1-2H3. The summed E-state index contributed by atoms with van der Waals surface area (Å²) in [5, 5.41) is 2.29. The molecule has 1 heterocycles. The van der Waals surface area contributed by atoms with E-state index in [2.05, 4.69) is 25.3 Å². The maximum absolute atomic E-state index is 5.89. The van der Waals surface area contributed by atoms with Crippen molar-refractivity contribution < 1.29 is 0 Å². The number of thiophene rings is 1. The van der Waals surface area contributed by atoms with E-state index in [9.17, 15) is 0 Å². The van der Waals surface area contributed by atoms with E-state index in [4.69, 9.17) is 5.73 Å². The van der Waals surface area contributed by atoms with Crippen LogP contribution in [0.15, 0.2) is 11.4 Å². The Bertz CT molecular complexity index is 310. The average molecular weight is 209 g/mol. The molecule has 0 unspecified atom stereocenters. The Labute approximate surface area is 90.3 Å². The van der Waals surface area contributed by atoms with E-state index in [1.54, 1.807) is 0 Å². The third-order valence-electron chi connectivity index (χ3n) is 3.36. The van der Waals surface area contributed by atoms with Gasteiger partial charge in [-0.2, -0.15) is 0 Å². The molecule has 1 aromatic heterocycles. The Hall–Kier alpha value is -0.340. The SMILES string of the molecule is Cc1cc(CC2(CN)CC(C)C2)cs1. The zero-order valence-electron chi connectivity index (χ0n) is 9.05. The van der Waals surface area contributed by atoms with Gasteiger partial charge in [0.05, 0.1) is 0 Å². The monoisotopic (exact) mass is 209 g/mol. The zero-order valence-corrected chi connectivity index (χ0v) is 9.86. The molecule has 78 valence electrons. The second-order valence-electron chi connectivity index (χ2n) is 4.96. The summed E-state index contributed by atoms with van der Waals surface area (Å²) in [6.45, 7) is 5.35. The van der Waals surface area contributed by atoms with Crippen molar-refractivity contribution in [2.75, 3.05) is 6.54 Å². The lowest BCUT2D eigenvalue weighted by Gasteiger charge is -2.46. The highest BCUT2D eigenvalue weighted by Gasteiger charge is 2.40. The molecule has 1 fully saturated rings. The molecule has 1 saturated carbocycles. The number of rotatable bonds is 3. The first-order valence-electron chi connectivity index (χ1n) is 5.38. The summed E-state index contributed by atoms with van der Waals surface area (Å²) in [5.74, 6) is 0.887. The summed E-state index contributed by atoms with van der Waals surface area (Å²) >= 11 is 1.85. The van der Waals surface area contributed by atoms with E-state index in [0.717, 1.165) is 12.5 Å². The van der Waals surface area contributed by atoms with Gasteiger partial charge in [0, 0.05) is 4.88 Å². The number of nitrogens with two attached hydrogens (primary N) is 1. The van der Waals surface area contributed by atoms with Crippen molar-refractivity contribution in [3.63, 3.8) is 0 Å². The molecule has 2 N–H and O–H groups in total. The minimum atomic E-state index is 0.437. The summed E-state index contributed by atoms with van der Waals surface area (Å²) < 4.78 is 0. The molecule has 0 amide bonds. The minimum absolute atomic E-state index is 0.437. The van der Waals surface area contributed by atoms with Crippen molar-refractivity contribution in [3.8, 4) is 0 Å². The molecule has 0 bridgehead atoms. The van der Waals surface area contributed by atoms with Crippen LogP contribution in [0.25, 0.3) is 0 Å². The molecule has 0 spiro atoms. The molecule has 0 atom stereocenters. The molecule has 14 heavy (non-hydrogen) atoms. The first-order valence-corrected chi connectivity index (χ1v) is 6.26. The highest BCUT2D eigenvalue weighted by Crippen LogP contribution is 2.47. The molecule has 1 aromatic rings. The van der Waals surface area contributed by atoms with E-state index >= 15 is 0 Å². The molecule has 0 saturated heterocycles. The van der Waals surface area contributed by atoms with Gasteiger partial charge in [-0.1, -0.05) is 6.92 Å². The van der Waals surface area contributed by atoms with Crippen molar-refractivity contribution >= 4 is 11.3 Å². The van der Waals surface area contributed by atoms with Gasteiger partial charge in [0.1, 0.15) is 0 Å². The topological polar surface area (TPSA) is 26.0 Å². The van der Waals surface area contributed by atoms with Crippen LogP contribution in [0.4, 0.5) is 0 Å². The maximum atomic E-state index is 5.89. The second-order valence-corrected chi connectivity index (χ2v) is 6.08. The summed E-state index contributed by atoms with van der Waals surface area (Å²) in [6, 6.07) is 2.31. The maximum Gasteiger partial charge on any atom is 0.00170 e. The fourth-order valence-corrected chi connectivity index (χ4v) is 3.53. The average Bonchev–Trinajstić information content (AvgIpc) is 2.48. The van der Waals surface area contributed by atoms with E-state index in [0.29, 0.717) is 5.41 Å². The number of hydrogen-bond donors (Lipinski definition) is 1. The summed E-state index contributed by atoms with van der Waals surface area (Å²) in [4.78, 5) is 1.42. The Morgan fingerprint density at radius 1 is 1.57 bits per heavy atom. The molecule has 1 nitrogen and oxygen atoms in total. The van der Waals surface area contributed by atoms with Crippen molar-refractivity contribution in [3.05, 3.63) is 21.9 Å². The van der Waals surface area contributed by atoms with Crippen LogP contribution < -0.4 is 5.73 Å². The largest absolute Gasteiger partial charge is 0.330 e. The zero-order chi connectivity index (χ0) is 10.2. The Balaban J connectivity index is 2.02. The minimum Gasteiger partial charge on any atom is -0.330 e. The summed E-state index contributed by atoms with van der Waals surface area (Å²) in [6.07, 6.45) is 3.83. The molecule has 1 aliphatic rings. The molecule has 0 aliphatic heterocycles. The van der Waals surface area contributed by atoms with Gasteiger partial charge in [-0.3, -0.25) is 0 Å². The van der Waals surface area contributed by atoms with Gasteiger partial charge in [0.2, 0.25) is 0 Å². The van der Waals surface area contributed by atoms with Gasteiger partial charge in [0.15, 0.2) is 0 Å². The quantitative estimate of drug-likeness (QED) is 0.813. The molecular formula is C12H19NS. The van der Waals surface area contributed by atoms with E-state index in [-0.39, 0.29) is 0 Å². The van der Waals surface area contributed by atoms with Crippen molar-refractivity contribution in [1.82, 2.24) is 0 Å². The first-order chi connectivity index (χ1) is 6.63. The molecular weight excluding hydrogens is 190 g/mol. The van der Waals surface area contributed by atoms with Gasteiger partial charge in [-0.25, -0.2) is 0 Å². The fourth-order valence-electron chi connectivity index (χ4n) is 2.83. The van der Waals surface area contributed by atoms with E-state index in [1.807, 2.05) is 11.3 Å². The number of aryl methyl sites for hydroxylation is 1. The molecule has 0 aromatic carbocycles. The smallest absolute Gasteiger partial charge is 0.00170 e. The first kappa shape index (κ1) is 10.2. The van der Waals surface area contributed by atoms with E-state index in [1.165, 1.54) is 29.7 Å². The van der Waals surface area contributed by atoms with Crippen LogP contribution >= 0.6 is 11.3 Å². The van der Waals surface area contributed by atoms with E-state index < -0.39 is 0 Å². The lowest BCUT2D eigenvalue weighted by atomic mass is 9.60. The Morgan fingerprint density at radius 3 is 2.71 bits per heavy atom. The summed E-state index contributed by atoms with van der Waals surface area (Å²) in [7, 11) is 0. The predicted octanol–water partition coefficient (Wildman–Crippen LogP) is 2.97. The van der Waals surface area contributed by atoms with Gasteiger partial charge < -0.3 is 5.73 Å². The molecule has 1 aliphatic carbocycles. The Kier molecular flexibility index (Phi) is 2.67. The lowest BCUT2D eigenvalue weighted by Crippen LogP contribution is -2.43. The van der Waals surface area contributed by atoms with Gasteiger partial charge in [-0.15, -0.1) is 11.3 Å². The van der Waals surface area contributed by atoms with Crippen LogP contribution in [0.1, 0.15) is 30.2 Å². The predicted molar refractivity (Wildman–Crippen MR) is 62.6 cm³/mol. The third kappa shape index (κ3) is 1.86. The van der Waals surface area contributed by atoms with Crippen LogP contribution in [0.2, 0.25) is 0 Å². The summed E-state index contributed by atoms with van der Waals surface area (Å²) in [5.41, 5.74) is 7.82. The van der Waals surface area contributed by atoms with Crippen LogP contribution in [-0.2, 0) is 6.42 Å². The fraction of sp³-hybridized carbons (Fsp3) is 0.667. The van der Waals surface area contributed by atoms with Gasteiger partial charge in [-0.05, 0) is 61.1 Å². The second kappa shape index (κ2) is 3.67. The van der Waals surface area contributed by atoms with Crippen molar-refractivity contribution in [1.29, 1.82) is 0 Å². The lowest BCUT2D eigenvalue weighted by molar-refractivity contribution is 0.0762. The van der Waals surface area contributed by atoms with Crippen LogP contribution in [-0.4, -0.2) is 6.54 Å². The highest BCUT2D eigenvalue weighted by molar-refractivity contribution is 7.10. The van der Waals surface area contributed by atoms with Crippen LogP contribution in [0.5, 0.6) is 0 Å². The van der Waals surface area contributed by atoms with Crippen LogP contribution in [0.3, 0.4) is 0 Å². The van der Waals surface area contributed by atoms with Gasteiger partial charge >= 0.3 is 0 Å². The van der Waals surface area contributed by atoms with Crippen LogP contribution in [0, 0.1) is 18.3 Å². The molecule has 0 radical (unpaired) electrons. The highest BCUT2D eigenvalue weighted by atomic mass is 32.1. The third-order valence-corrected chi connectivity index (χ3v) is 4.27. The molecule has 2 heteroatoms. The van der Waals surface area contributed by atoms with Gasteiger partial charge in [0.25, 0.3) is 0 Å². The molecule has 2 rings (SSSR count).